The van der Waals surface area contributed by atoms with Gasteiger partial charge in [-0.05, 0) is 54.6 Å². The second-order valence-corrected chi connectivity index (χ2v) is 9.90. The van der Waals surface area contributed by atoms with Gasteiger partial charge >= 0.3 is 12.2 Å². The van der Waals surface area contributed by atoms with E-state index in [0.717, 1.165) is 29.9 Å². The number of hydrogen-bond donors (Lipinski definition) is 3. The summed E-state index contributed by atoms with van der Waals surface area (Å²) in [5.41, 5.74) is -0.136. The molecule has 1 aliphatic carbocycles. The first-order valence-electron chi connectivity index (χ1n) is 9.57. The number of thiophene rings is 1. The minimum absolute atomic E-state index is 0.0147. The van der Waals surface area contributed by atoms with Gasteiger partial charge in [0.25, 0.3) is 0 Å². The van der Waals surface area contributed by atoms with Gasteiger partial charge in [-0.3, -0.25) is 0 Å². The Balaban J connectivity index is 1.61. The van der Waals surface area contributed by atoms with Gasteiger partial charge in [0.05, 0.1) is 16.1 Å². The second kappa shape index (κ2) is 8.57. The molecule has 1 aromatic heterocycles. The van der Waals surface area contributed by atoms with Gasteiger partial charge in [-0.25, -0.2) is 17.9 Å². The SMILES string of the molecule is O=C(Nc1cccc(C(F)(F)F)c1)Nc1cc(S(=O)(=O)NC2CC2)ccc1-c1cccs1. The van der Waals surface area contributed by atoms with Crippen molar-refractivity contribution in [1.82, 2.24) is 4.72 Å². The number of sulfonamides is 1. The number of amides is 2. The van der Waals surface area contributed by atoms with Crippen molar-refractivity contribution in [3.05, 3.63) is 65.5 Å². The van der Waals surface area contributed by atoms with Crippen LogP contribution in [-0.2, 0) is 16.2 Å². The molecule has 3 N–H and O–H groups in total. The van der Waals surface area contributed by atoms with Crippen LogP contribution in [0, 0.1) is 0 Å². The summed E-state index contributed by atoms with van der Waals surface area (Å²) in [6.07, 6.45) is -2.99. The van der Waals surface area contributed by atoms with Crippen molar-refractivity contribution in [2.24, 2.45) is 0 Å². The predicted molar refractivity (Wildman–Crippen MR) is 117 cm³/mol. The highest BCUT2D eigenvalue weighted by Gasteiger charge is 2.31. The van der Waals surface area contributed by atoms with Crippen LogP contribution in [0.1, 0.15) is 18.4 Å². The molecule has 0 radical (unpaired) electrons. The molecule has 0 saturated heterocycles. The molecule has 2 aromatic carbocycles. The van der Waals surface area contributed by atoms with Crippen molar-refractivity contribution >= 4 is 38.8 Å². The van der Waals surface area contributed by atoms with E-state index < -0.39 is 27.8 Å². The molecule has 0 unspecified atom stereocenters. The zero-order chi connectivity index (χ0) is 22.9. The average Bonchev–Trinajstić information content (AvgIpc) is 3.35. The highest BCUT2D eigenvalue weighted by atomic mass is 32.2. The molecule has 1 heterocycles. The average molecular weight is 482 g/mol. The summed E-state index contributed by atoms with van der Waals surface area (Å²) in [6, 6.07) is 11.4. The van der Waals surface area contributed by atoms with Crippen molar-refractivity contribution in [3.8, 4) is 10.4 Å². The van der Waals surface area contributed by atoms with Crippen molar-refractivity contribution in [2.45, 2.75) is 30.0 Å². The second-order valence-electron chi connectivity index (χ2n) is 7.24. The highest BCUT2D eigenvalue weighted by Crippen LogP contribution is 2.34. The number of halogens is 3. The molecule has 0 aliphatic heterocycles. The monoisotopic (exact) mass is 481 g/mol. The fourth-order valence-corrected chi connectivity index (χ4v) is 5.08. The van der Waals surface area contributed by atoms with Gasteiger partial charge in [-0.1, -0.05) is 18.2 Å². The summed E-state index contributed by atoms with van der Waals surface area (Å²) in [4.78, 5) is 13.3. The number of carbonyl (C=O) groups is 1. The van der Waals surface area contributed by atoms with Crippen LogP contribution in [0.15, 0.2) is 64.9 Å². The summed E-state index contributed by atoms with van der Waals surface area (Å²) < 4.78 is 66.5. The van der Waals surface area contributed by atoms with E-state index in [1.165, 1.54) is 35.6 Å². The summed E-state index contributed by atoms with van der Waals surface area (Å²) in [5.74, 6) is 0. The summed E-state index contributed by atoms with van der Waals surface area (Å²) in [5, 5.41) is 6.77. The van der Waals surface area contributed by atoms with E-state index in [2.05, 4.69) is 15.4 Å². The quantitative estimate of drug-likeness (QED) is 0.433. The van der Waals surface area contributed by atoms with Crippen LogP contribution >= 0.6 is 11.3 Å². The van der Waals surface area contributed by atoms with E-state index in [1.807, 2.05) is 17.5 Å². The van der Waals surface area contributed by atoms with Crippen molar-refractivity contribution in [3.63, 3.8) is 0 Å². The maximum Gasteiger partial charge on any atom is 0.416 e. The largest absolute Gasteiger partial charge is 0.416 e. The molecule has 1 fully saturated rings. The van der Waals surface area contributed by atoms with Crippen molar-refractivity contribution in [1.29, 1.82) is 0 Å². The van der Waals surface area contributed by atoms with Crippen LogP contribution < -0.4 is 15.4 Å². The van der Waals surface area contributed by atoms with E-state index >= 15 is 0 Å². The Morgan fingerprint density at radius 2 is 1.78 bits per heavy atom. The fourth-order valence-electron chi connectivity index (χ4n) is 2.99. The third-order valence-electron chi connectivity index (χ3n) is 4.68. The van der Waals surface area contributed by atoms with E-state index in [4.69, 9.17) is 0 Å². The Labute approximate surface area is 186 Å². The lowest BCUT2D eigenvalue weighted by molar-refractivity contribution is -0.137. The third-order valence-corrected chi connectivity index (χ3v) is 7.10. The predicted octanol–water partition coefficient (Wildman–Crippen LogP) is 5.52. The number of anilines is 2. The number of alkyl halides is 3. The van der Waals surface area contributed by atoms with Gasteiger partial charge in [0.15, 0.2) is 0 Å². The lowest BCUT2D eigenvalue weighted by Gasteiger charge is -2.14. The number of carbonyl (C=O) groups excluding carboxylic acids is 1. The molecule has 4 rings (SSSR count). The Kier molecular flexibility index (Phi) is 5.97. The van der Waals surface area contributed by atoms with Crippen molar-refractivity contribution in [2.75, 3.05) is 10.6 Å². The first-order chi connectivity index (χ1) is 15.1. The third kappa shape index (κ3) is 5.29. The topological polar surface area (TPSA) is 87.3 Å². The van der Waals surface area contributed by atoms with Crippen LogP contribution in [0.25, 0.3) is 10.4 Å². The Morgan fingerprint density at radius 3 is 2.44 bits per heavy atom. The molecule has 2 amide bonds. The number of hydrogen-bond acceptors (Lipinski definition) is 4. The van der Waals surface area contributed by atoms with Crippen LogP contribution in [-0.4, -0.2) is 20.5 Å². The Hall–Kier alpha value is -2.89. The lowest BCUT2D eigenvalue weighted by atomic mass is 10.1. The molecule has 1 saturated carbocycles. The molecule has 0 spiro atoms. The number of urea groups is 1. The van der Waals surface area contributed by atoms with Gasteiger partial charge in [0.1, 0.15) is 0 Å². The molecule has 3 aromatic rings. The maximum atomic E-state index is 12.9. The zero-order valence-corrected chi connectivity index (χ0v) is 18.1. The molecule has 0 bridgehead atoms. The summed E-state index contributed by atoms with van der Waals surface area (Å²) in [7, 11) is -3.77. The molecule has 0 atom stereocenters. The van der Waals surface area contributed by atoms with Crippen LogP contribution in [0.5, 0.6) is 0 Å². The fraction of sp³-hybridized carbons (Fsp3) is 0.190. The van der Waals surface area contributed by atoms with E-state index in [9.17, 15) is 26.4 Å². The molecular formula is C21H18F3N3O3S2. The smallest absolute Gasteiger partial charge is 0.308 e. The zero-order valence-electron chi connectivity index (χ0n) is 16.4. The minimum Gasteiger partial charge on any atom is -0.308 e. The van der Waals surface area contributed by atoms with E-state index in [1.54, 1.807) is 6.07 Å². The number of nitrogens with one attached hydrogen (secondary N) is 3. The standard InChI is InChI=1S/C21H18F3N3O3S2/c22-21(23,24)13-3-1-4-15(11-13)25-20(28)26-18-12-16(32(29,30)27-14-6-7-14)8-9-17(18)19-5-2-10-31-19/h1-5,8-12,14,27H,6-7H2,(H2,25,26,28). The van der Waals surface area contributed by atoms with Gasteiger partial charge in [0, 0.05) is 22.2 Å². The van der Waals surface area contributed by atoms with Crippen LogP contribution in [0.3, 0.4) is 0 Å². The van der Waals surface area contributed by atoms with Crippen LogP contribution in [0.4, 0.5) is 29.3 Å². The minimum atomic E-state index is -4.54. The van der Waals surface area contributed by atoms with Gasteiger partial charge in [-0.2, -0.15) is 13.2 Å². The van der Waals surface area contributed by atoms with Gasteiger partial charge in [-0.15, -0.1) is 11.3 Å². The Bertz CT molecular complexity index is 1240. The number of benzene rings is 2. The van der Waals surface area contributed by atoms with E-state index in [-0.39, 0.29) is 22.3 Å². The molecule has 11 heteroatoms. The van der Waals surface area contributed by atoms with Gasteiger partial charge in [0.2, 0.25) is 10.0 Å². The van der Waals surface area contributed by atoms with E-state index in [0.29, 0.717) is 5.56 Å². The Morgan fingerprint density at radius 1 is 1.00 bits per heavy atom. The van der Waals surface area contributed by atoms with Crippen LogP contribution in [0.2, 0.25) is 0 Å². The first kappa shape index (κ1) is 22.3. The van der Waals surface area contributed by atoms with Crippen molar-refractivity contribution < 1.29 is 26.4 Å². The molecule has 6 nitrogen and oxygen atoms in total. The summed E-state index contributed by atoms with van der Waals surface area (Å²) >= 11 is 1.40. The number of rotatable bonds is 6. The first-order valence-corrected chi connectivity index (χ1v) is 11.9. The summed E-state index contributed by atoms with van der Waals surface area (Å²) in [6.45, 7) is 0. The maximum absolute atomic E-state index is 12.9. The molecule has 168 valence electrons. The highest BCUT2D eigenvalue weighted by molar-refractivity contribution is 7.89. The van der Waals surface area contributed by atoms with Gasteiger partial charge < -0.3 is 10.6 Å². The molecule has 32 heavy (non-hydrogen) atoms. The lowest BCUT2D eigenvalue weighted by Crippen LogP contribution is -2.26. The molecular weight excluding hydrogens is 463 g/mol. The molecule has 1 aliphatic rings. The normalized spacial score (nSPS) is 14.2.